The molecule has 4 heteroatoms. The van der Waals surface area contributed by atoms with E-state index in [1.165, 1.54) is 46.0 Å². The van der Waals surface area contributed by atoms with Crippen LogP contribution in [-0.4, -0.2) is 29.3 Å². The average Bonchev–Trinajstić information content (AvgIpc) is 3.59. The highest BCUT2D eigenvalue weighted by Gasteiger charge is 2.22. The molecule has 0 aliphatic heterocycles. The van der Waals surface area contributed by atoms with Crippen molar-refractivity contribution in [3.8, 4) is 22.3 Å². The van der Waals surface area contributed by atoms with E-state index >= 15 is 0 Å². The van der Waals surface area contributed by atoms with Crippen molar-refractivity contribution in [2.45, 2.75) is 38.4 Å². The van der Waals surface area contributed by atoms with E-state index in [1.807, 2.05) is 6.20 Å². The zero-order valence-corrected chi connectivity index (χ0v) is 18.1. The molecule has 0 bridgehead atoms. The molecule has 1 N–H and O–H groups in total. The number of methoxy groups -OCH3 is 1. The third-order valence-electron chi connectivity index (χ3n) is 6.02. The van der Waals surface area contributed by atoms with Crippen molar-refractivity contribution in [3.05, 3.63) is 78.6 Å². The van der Waals surface area contributed by atoms with Crippen molar-refractivity contribution in [1.82, 2.24) is 14.9 Å². The summed E-state index contributed by atoms with van der Waals surface area (Å²) in [6.07, 6.45) is 7.78. The molecule has 158 valence electrons. The molecule has 2 heterocycles. The van der Waals surface area contributed by atoms with Gasteiger partial charge in [0, 0.05) is 50.6 Å². The highest BCUT2D eigenvalue weighted by molar-refractivity contribution is 5.96. The zero-order valence-electron chi connectivity index (χ0n) is 18.1. The second kappa shape index (κ2) is 9.04. The lowest BCUT2D eigenvalue weighted by Gasteiger charge is -2.10. The molecule has 0 spiro atoms. The Bertz CT molecular complexity index is 1160. The van der Waals surface area contributed by atoms with Gasteiger partial charge in [0.15, 0.2) is 0 Å². The molecule has 1 fully saturated rings. The monoisotopic (exact) mass is 411 g/mol. The van der Waals surface area contributed by atoms with Crippen LogP contribution in [0.15, 0.2) is 73.1 Å². The largest absolute Gasteiger partial charge is 0.385 e. The van der Waals surface area contributed by atoms with Gasteiger partial charge in [-0.3, -0.25) is 0 Å². The molecule has 2 aromatic carbocycles. The molecule has 0 radical (unpaired) electrons. The number of hydrogen-bond acceptors (Lipinski definition) is 3. The highest BCUT2D eigenvalue weighted by atomic mass is 16.5. The van der Waals surface area contributed by atoms with Crippen LogP contribution in [0.25, 0.3) is 33.3 Å². The fourth-order valence-corrected chi connectivity index (χ4v) is 4.26. The molecule has 5 rings (SSSR count). The number of ether oxygens (including phenoxy) is 1. The minimum absolute atomic E-state index is 0.674. The van der Waals surface area contributed by atoms with Crippen LogP contribution in [0.5, 0.6) is 0 Å². The maximum absolute atomic E-state index is 5.27. The second-order valence-corrected chi connectivity index (χ2v) is 8.35. The van der Waals surface area contributed by atoms with Crippen LogP contribution in [0.1, 0.15) is 24.8 Å². The van der Waals surface area contributed by atoms with E-state index in [0.29, 0.717) is 6.04 Å². The van der Waals surface area contributed by atoms with E-state index in [1.54, 1.807) is 7.11 Å². The molecule has 1 aliphatic rings. The van der Waals surface area contributed by atoms with Crippen molar-refractivity contribution in [2.75, 3.05) is 13.7 Å². The first-order chi connectivity index (χ1) is 15.3. The van der Waals surface area contributed by atoms with Crippen LogP contribution < -0.4 is 5.32 Å². The van der Waals surface area contributed by atoms with E-state index in [4.69, 9.17) is 9.72 Å². The molecule has 4 nitrogen and oxygen atoms in total. The third kappa shape index (κ3) is 4.41. The molecule has 1 saturated carbocycles. The molecular weight excluding hydrogens is 382 g/mol. The number of nitrogens with one attached hydrogen (secondary N) is 1. The quantitative estimate of drug-likeness (QED) is 0.361. The van der Waals surface area contributed by atoms with E-state index in [-0.39, 0.29) is 0 Å². The van der Waals surface area contributed by atoms with Crippen LogP contribution in [0.3, 0.4) is 0 Å². The van der Waals surface area contributed by atoms with Crippen molar-refractivity contribution in [2.24, 2.45) is 0 Å². The molecule has 0 atom stereocenters. The van der Waals surface area contributed by atoms with Gasteiger partial charge in [0.25, 0.3) is 0 Å². The lowest BCUT2D eigenvalue weighted by atomic mass is 9.97. The molecular formula is C27H29N3O. The van der Waals surface area contributed by atoms with Gasteiger partial charge >= 0.3 is 0 Å². The summed E-state index contributed by atoms with van der Waals surface area (Å²) < 4.78 is 7.57. The maximum atomic E-state index is 5.27. The van der Waals surface area contributed by atoms with Crippen LogP contribution >= 0.6 is 0 Å². The lowest BCUT2D eigenvalue weighted by molar-refractivity contribution is 0.190. The number of aromatic nitrogens is 2. The van der Waals surface area contributed by atoms with Crippen LogP contribution in [0.2, 0.25) is 0 Å². The Hall–Kier alpha value is -2.95. The van der Waals surface area contributed by atoms with Crippen molar-refractivity contribution in [1.29, 1.82) is 0 Å². The van der Waals surface area contributed by atoms with Gasteiger partial charge in [0.1, 0.15) is 5.65 Å². The van der Waals surface area contributed by atoms with Gasteiger partial charge in [-0.25, -0.2) is 4.98 Å². The summed E-state index contributed by atoms with van der Waals surface area (Å²) in [6, 6.07) is 22.3. The molecule has 31 heavy (non-hydrogen) atoms. The summed E-state index contributed by atoms with van der Waals surface area (Å²) in [6.45, 7) is 2.55. The second-order valence-electron chi connectivity index (χ2n) is 8.35. The molecule has 0 amide bonds. The number of rotatable bonds is 9. The number of nitrogens with zero attached hydrogens (tertiary/aromatic N) is 2. The normalized spacial score (nSPS) is 13.7. The van der Waals surface area contributed by atoms with E-state index in [2.05, 4.69) is 76.7 Å². The molecule has 1 aliphatic carbocycles. The maximum Gasteiger partial charge on any atom is 0.140 e. The Morgan fingerprint density at radius 3 is 2.61 bits per heavy atom. The first-order valence-electron chi connectivity index (χ1n) is 11.2. The first-order valence-corrected chi connectivity index (χ1v) is 11.2. The summed E-state index contributed by atoms with van der Waals surface area (Å²) in [5, 5.41) is 4.96. The van der Waals surface area contributed by atoms with Crippen LogP contribution in [0.4, 0.5) is 0 Å². The van der Waals surface area contributed by atoms with E-state index in [0.717, 1.165) is 31.8 Å². The van der Waals surface area contributed by atoms with E-state index in [9.17, 15) is 0 Å². The van der Waals surface area contributed by atoms with Gasteiger partial charge in [-0.15, -0.1) is 0 Å². The number of fused-ring (bicyclic) bond motifs is 1. The van der Waals surface area contributed by atoms with Gasteiger partial charge in [-0.2, -0.15) is 0 Å². The zero-order chi connectivity index (χ0) is 21.0. The Morgan fingerprint density at radius 2 is 1.81 bits per heavy atom. The summed E-state index contributed by atoms with van der Waals surface area (Å²) in [5.74, 6) is 0. The third-order valence-corrected chi connectivity index (χ3v) is 6.02. The van der Waals surface area contributed by atoms with Crippen molar-refractivity contribution in [3.63, 3.8) is 0 Å². The summed E-state index contributed by atoms with van der Waals surface area (Å²) in [4.78, 5) is 4.78. The molecule has 0 unspecified atom stereocenters. The number of aryl methyl sites for hydroxylation is 1. The standard InChI is InChI=1S/C27H29N3O/c1-31-16-6-15-30-19-23(18-29-24-11-12-24)26-25(13-14-28-27(26)30)22-10-5-9-21(17-22)20-7-3-2-4-8-20/h2-5,7-10,13-14,17,19,24,29H,6,11-12,15-16,18H2,1H3. The Kier molecular flexibility index (Phi) is 5.83. The van der Waals surface area contributed by atoms with E-state index < -0.39 is 0 Å². The van der Waals surface area contributed by atoms with Gasteiger partial charge in [0.2, 0.25) is 0 Å². The topological polar surface area (TPSA) is 39.1 Å². The van der Waals surface area contributed by atoms with Crippen molar-refractivity contribution < 1.29 is 4.74 Å². The minimum atomic E-state index is 0.674. The highest BCUT2D eigenvalue weighted by Crippen LogP contribution is 2.34. The summed E-state index contributed by atoms with van der Waals surface area (Å²) in [5.41, 5.74) is 7.35. The summed E-state index contributed by atoms with van der Waals surface area (Å²) >= 11 is 0. The van der Waals surface area contributed by atoms with Crippen LogP contribution in [0, 0.1) is 0 Å². The summed E-state index contributed by atoms with van der Waals surface area (Å²) in [7, 11) is 1.76. The molecule has 0 saturated heterocycles. The number of benzene rings is 2. The number of hydrogen-bond donors (Lipinski definition) is 1. The number of pyridine rings is 1. The fourth-order valence-electron chi connectivity index (χ4n) is 4.26. The van der Waals surface area contributed by atoms with Gasteiger partial charge in [-0.1, -0.05) is 48.5 Å². The molecule has 4 aromatic rings. The smallest absolute Gasteiger partial charge is 0.140 e. The average molecular weight is 412 g/mol. The molecule has 2 aromatic heterocycles. The Labute approximate surface area is 183 Å². The predicted molar refractivity (Wildman–Crippen MR) is 127 cm³/mol. The minimum Gasteiger partial charge on any atom is -0.385 e. The van der Waals surface area contributed by atoms with Gasteiger partial charge in [0.05, 0.1) is 0 Å². The Balaban J connectivity index is 1.58. The fraction of sp³-hybridized carbons (Fsp3) is 0.296. The van der Waals surface area contributed by atoms with Gasteiger partial charge in [-0.05, 0) is 59.2 Å². The Morgan fingerprint density at radius 1 is 1.00 bits per heavy atom. The van der Waals surface area contributed by atoms with Crippen molar-refractivity contribution >= 4 is 11.0 Å². The first kappa shape index (κ1) is 20.0. The lowest BCUT2D eigenvalue weighted by Crippen LogP contribution is -2.15. The van der Waals surface area contributed by atoms with Gasteiger partial charge < -0.3 is 14.6 Å². The van der Waals surface area contributed by atoms with Crippen LogP contribution in [-0.2, 0) is 17.8 Å². The predicted octanol–water partition coefficient (Wildman–Crippen LogP) is 5.66. The SMILES string of the molecule is COCCCn1cc(CNC2CC2)c2c(-c3cccc(-c4ccccc4)c3)ccnc21.